The van der Waals surface area contributed by atoms with Crippen LogP contribution in [0.15, 0.2) is 24.3 Å². The number of ether oxygens (including phenoxy) is 1. The van der Waals surface area contributed by atoms with Gasteiger partial charge in [-0.1, -0.05) is 6.07 Å². The number of benzene rings is 1. The largest absolute Gasteiger partial charge is 0.494 e. The van der Waals surface area contributed by atoms with Crippen LogP contribution in [0.3, 0.4) is 0 Å². The zero-order chi connectivity index (χ0) is 15.1. The van der Waals surface area contributed by atoms with Crippen LogP contribution in [0.5, 0.6) is 5.75 Å². The van der Waals surface area contributed by atoms with Crippen LogP contribution in [0.2, 0.25) is 0 Å². The van der Waals surface area contributed by atoms with E-state index < -0.39 is 11.7 Å². The lowest BCUT2D eigenvalue weighted by Crippen LogP contribution is -2.35. The molecule has 1 aromatic carbocycles. The van der Waals surface area contributed by atoms with E-state index in [0.29, 0.717) is 5.56 Å². The van der Waals surface area contributed by atoms with E-state index in [1.54, 1.807) is 20.2 Å². The molecule has 0 unspecified atom stereocenters. The number of carbonyl (C=O) groups is 2. The second-order valence-electron chi connectivity index (χ2n) is 4.23. The number of likely N-dealkylation sites (N-methyl/N-ethyl adjacent to an activating group) is 1. The Kier molecular flexibility index (Phi) is 5.71. The summed E-state index contributed by atoms with van der Waals surface area (Å²) in [7, 11) is 4.58. The highest BCUT2D eigenvalue weighted by molar-refractivity contribution is 5.94. The number of hydrogen-bond donors (Lipinski definition) is 1. The van der Waals surface area contributed by atoms with Gasteiger partial charge in [0.1, 0.15) is 0 Å². The third-order valence-corrected chi connectivity index (χ3v) is 2.52. The maximum absolute atomic E-state index is 13.4. The summed E-state index contributed by atoms with van der Waals surface area (Å²) in [6.45, 7) is -0.0762. The summed E-state index contributed by atoms with van der Waals surface area (Å²) >= 11 is 0. The van der Waals surface area contributed by atoms with Crippen LogP contribution in [0.25, 0.3) is 6.08 Å². The molecule has 1 aromatic rings. The summed E-state index contributed by atoms with van der Waals surface area (Å²) in [5.41, 5.74) is 0.525. The number of rotatable bonds is 5. The first-order chi connectivity index (χ1) is 9.43. The fourth-order valence-electron chi connectivity index (χ4n) is 1.34. The van der Waals surface area contributed by atoms with Gasteiger partial charge >= 0.3 is 0 Å². The Hall–Kier alpha value is -2.37. The number of carbonyl (C=O) groups excluding carboxylic acids is 2. The second-order valence-corrected chi connectivity index (χ2v) is 4.23. The predicted molar refractivity (Wildman–Crippen MR) is 73.7 cm³/mol. The van der Waals surface area contributed by atoms with Gasteiger partial charge in [0, 0.05) is 20.2 Å². The van der Waals surface area contributed by atoms with Crippen molar-refractivity contribution in [3.8, 4) is 5.75 Å². The molecular weight excluding hydrogens is 263 g/mol. The van der Waals surface area contributed by atoms with Crippen molar-refractivity contribution in [3.05, 3.63) is 35.7 Å². The zero-order valence-electron chi connectivity index (χ0n) is 11.6. The highest BCUT2D eigenvalue weighted by Gasteiger charge is 2.05. The summed E-state index contributed by atoms with van der Waals surface area (Å²) in [5, 5.41) is 2.44. The smallest absolute Gasteiger partial charge is 0.244 e. The SMILES string of the molecule is COc1ccc(/C=C/C(=O)NCC(=O)N(C)C)cc1F. The molecule has 0 spiro atoms. The minimum atomic E-state index is -0.502. The van der Waals surface area contributed by atoms with E-state index >= 15 is 0 Å². The van der Waals surface area contributed by atoms with Crippen molar-refractivity contribution in [1.82, 2.24) is 10.2 Å². The summed E-state index contributed by atoms with van der Waals surface area (Å²) in [5.74, 6) is -0.986. The van der Waals surface area contributed by atoms with Gasteiger partial charge in [-0.15, -0.1) is 0 Å². The monoisotopic (exact) mass is 280 g/mol. The fraction of sp³-hybridized carbons (Fsp3) is 0.286. The molecule has 20 heavy (non-hydrogen) atoms. The van der Waals surface area contributed by atoms with Gasteiger partial charge in [-0.25, -0.2) is 4.39 Å². The Labute approximate surface area is 117 Å². The Bertz CT molecular complexity index is 527. The average molecular weight is 280 g/mol. The van der Waals surface area contributed by atoms with Crippen molar-refractivity contribution in [3.63, 3.8) is 0 Å². The number of methoxy groups -OCH3 is 1. The molecule has 0 aliphatic carbocycles. The average Bonchev–Trinajstić information content (AvgIpc) is 2.42. The van der Waals surface area contributed by atoms with Crippen LogP contribution in [0.4, 0.5) is 4.39 Å². The lowest BCUT2D eigenvalue weighted by molar-refractivity contribution is -0.129. The Morgan fingerprint density at radius 3 is 2.65 bits per heavy atom. The number of hydrogen-bond acceptors (Lipinski definition) is 3. The first kappa shape index (κ1) is 15.7. The third kappa shape index (κ3) is 4.72. The van der Waals surface area contributed by atoms with E-state index in [9.17, 15) is 14.0 Å². The molecule has 0 saturated carbocycles. The molecule has 1 N–H and O–H groups in total. The van der Waals surface area contributed by atoms with Crippen molar-refractivity contribution in [2.75, 3.05) is 27.7 Å². The van der Waals surface area contributed by atoms with Gasteiger partial charge in [0.25, 0.3) is 0 Å². The fourth-order valence-corrected chi connectivity index (χ4v) is 1.34. The second kappa shape index (κ2) is 7.28. The van der Waals surface area contributed by atoms with Crippen LogP contribution in [0.1, 0.15) is 5.56 Å². The van der Waals surface area contributed by atoms with Crippen LogP contribution < -0.4 is 10.1 Å². The van der Waals surface area contributed by atoms with E-state index in [2.05, 4.69) is 5.32 Å². The quantitative estimate of drug-likeness (QED) is 0.820. The summed E-state index contributed by atoms with van der Waals surface area (Å²) in [4.78, 5) is 24.1. The maximum Gasteiger partial charge on any atom is 0.244 e. The molecule has 0 radical (unpaired) electrons. The van der Waals surface area contributed by atoms with Gasteiger partial charge in [0.15, 0.2) is 11.6 Å². The molecule has 0 aliphatic heterocycles. The molecule has 0 aliphatic rings. The molecule has 108 valence electrons. The van der Waals surface area contributed by atoms with E-state index in [1.165, 1.54) is 36.3 Å². The molecule has 0 heterocycles. The van der Waals surface area contributed by atoms with Gasteiger partial charge in [0.2, 0.25) is 11.8 Å². The molecule has 0 bridgehead atoms. The van der Waals surface area contributed by atoms with Crippen molar-refractivity contribution < 1.29 is 18.7 Å². The minimum Gasteiger partial charge on any atom is -0.494 e. The van der Waals surface area contributed by atoms with Gasteiger partial charge in [-0.3, -0.25) is 9.59 Å². The van der Waals surface area contributed by atoms with Crippen molar-refractivity contribution >= 4 is 17.9 Å². The molecular formula is C14H17FN2O3. The molecule has 0 fully saturated rings. The van der Waals surface area contributed by atoms with Crippen LogP contribution >= 0.6 is 0 Å². The molecule has 0 saturated heterocycles. The molecule has 6 heteroatoms. The van der Waals surface area contributed by atoms with Crippen LogP contribution in [-0.4, -0.2) is 44.5 Å². The molecule has 1 rings (SSSR count). The standard InChI is InChI=1S/C14H17FN2O3/c1-17(2)14(19)9-16-13(18)7-5-10-4-6-12(20-3)11(15)8-10/h4-8H,9H2,1-3H3,(H,16,18)/b7-5+. The van der Waals surface area contributed by atoms with Crippen LogP contribution in [-0.2, 0) is 9.59 Å². The summed E-state index contributed by atoms with van der Waals surface area (Å²) < 4.78 is 18.2. The lowest BCUT2D eigenvalue weighted by Gasteiger charge is -2.09. The molecule has 5 nitrogen and oxygen atoms in total. The first-order valence-corrected chi connectivity index (χ1v) is 5.93. The lowest BCUT2D eigenvalue weighted by atomic mass is 10.2. The maximum atomic E-state index is 13.4. The third-order valence-electron chi connectivity index (χ3n) is 2.52. The number of halogens is 1. The molecule has 2 amide bonds. The highest BCUT2D eigenvalue weighted by Crippen LogP contribution is 2.18. The van der Waals surface area contributed by atoms with Gasteiger partial charge in [-0.05, 0) is 23.8 Å². The van der Waals surface area contributed by atoms with E-state index in [1.807, 2.05) is 0 Å². The van der Waals surface area contributed by atoms with Crippen molar-refractivity contribution in [1.29, 1.82) is 0 Å². The van der Waals surface area contributed by atoms with E-state index in [0.717, 1.165) is 0 Å². The van der Waals surface area contributed by atoms with Gasteiger partial charge in [-0.2, -0.15) is 0 Å². The van der Waals surface area contributed by atoms with E-state index in [4.69, 9.17) is 4.74 Å². The topological polar surface area (TPSA) is 58.6 Å². The number of nitrogens with one attached hydrogen (secondary N) is 1. The van der Waals surface area contributed by atoms with Crippen LogP contribution in [0, 0.1) is 5.82 Å². The Morgan fingerprint density at radius 1 is 1.40 bits per heavy atom. The Balaban J connectivity index is 2.57. The predicted octanol–water partition coefficient (Wildman–Crippen LogP) is 1.05. The van der Waals surface area contributed by atoms with Crippen molar-refractivity contribution in [2.45, 2.75) is 0 Å². The molecule has 0 aromatic heterocycles. The number of amides is 2. The summed E-state index contributed by atoms with van der Waals surface area (Å²) in [6.07, 6.45) is 2.70. The minimum absolute atomic E-state index is 0.0762. The summed E-state index contributed by atoms with van der Waals surface area (Å²) in [6, 6.07) is 4.35. The first-order valence-electron chi connectivity index (χ1n) is 5.93. The van der Waals surface area contributed by atoms with Gasteiger partial charge < -0.3 is 15.0 Å². The Morgan fingerprint density at radius 2 is 2.10 bits per heavy atom. The zero-order valence-corrected chi connectivity index (χ0v) is 11.6. The highest BCUT2D eigenvalue weighted by atomic mass is 19.1. The van der Waals surface area contributed by atoms with Gasteiger partial charge in [0.05, 0.1) is 13.7 Å². The van der Waals surface area contributed by atoms with Crippen molar-refractivity contribution in [2.24, 2.45) is 0 Å². The van der Waals surface area contributed by atoms with E-state index in [-0.39, 0.29) is 18.2 Å². The normalized spacial score (nSPS) is 10.4. The number of nitrogens with zero attached hydrogens (tertiary/aromatic N) is 1. The molecule has 0 atom stereocenters.